The van der Waals surface area contributed by atoms with Gasteiger partial charge in [-0.25, -0.2) is 4.21 Å². The van der Waals surface area contributed by atoms with Crippen LogP contribution < -0.4 is 9.04 Å². The molecule has 0 aliphatic rings. The summed E-state index contributed by atoms with van der Waals surface area (Å²) in [6.07, 6.45) is 3.90. The molecule has 3 aromatic rings. The molecule has 1 heterocycles. The van der Waals surface area contributed by atoms with Crippen LogP contribution in [-0.4, -0.2) is 26.4 Å². The number of hydrogen-bond acceptors (Lipinski definition) is 4. The van der Waals surface area contributed by atoms with Gasteiger partial charge in [0.25, 0.3) is 11.3 Å². The van der Waals surface area contributed by atoms with Crippen molar-refractivity contribution in [1.29, 1.82) is 0 Å². The number of carboxylic acids is 1. The molecule has 8 heteroatoms. The van der Waals surface area contributed by atoms with Gasteiger partial charge in [-0.15, -0.1) is 0 Å². The first-order valence-corrected chi connectivity index (χ1v) is 12.4. The van der Waals surface area contributed by atoms with Gasteiger partial charge in [-0.3, -0.25) is 13.7 Å². The monoisotopic (exact) mass is 485 g/mol. The molecule has 2 N–H and O–H groups in total. The lowest BCUT2D eigenvalue weighted by atomic mass is 9.97. The highest BCUT2D eigenvalue weighted by atomic mass is 32.2. The summed E-state index contributed by atoms with van der Waals surface area (Å²) in [6, 6.07) is 16.9. The van der Waals surface area contributed by atoms with E-state index >= 15 is 0 Å². The Morgan fingerprint density at radius 2 is 1.88 bits per heavy atom. The fraction of sp³-hybridized carbons (Fsp3) is 0.346. The molecule has 1 atom stereocenters. The van der Waals surface area contributed by atoms with Crippen LogP contribution in [0.25, 0.3) is 11.3 Å². The minimum atomic E-state index is -2.25. The van der Waals surface area contributed by atoms with E-state index in [9.17, 15) is 13.6 Å². The lowest BCUT2D eigenvalue weighted by Crippen LogP contribution is -2.26. The number of carboxylic acid groups (broad SMARTS) is 1. The van der Waals surface area contributed by atoms with Crippen molar-refractivity contribution >= 4 is 22.9 Å². The normalized spacial score (nSPS) is 12.0. The quantitative estimate of drug-likeness (QED) is 0.220. The third-order valence-corrected chi connectivity index (χ3v) is 6.19. The summed E-state index contributed by atoms with van der Waals surface area (Å²) in [5.41, 5.74) is 3.32. The summed E-state index contributed by atoms with van der Waals surface area (Å²) >= 11 is -2.25. The van der Waals surface area contributed by atoms with E-state index in [1.54, 1.807) is 6.26 Å². The van der Waals surface area contributed by atoms with E-state index in [2.05, 4.69) is 0 Å². The second-order valence-corrected chi connectivity index (χ2v) is 9.24. The Balaban J connectivity index is 1.78. The Labute approximate surface area is 202 Å². The number of unbranched alkanes of at least 4 members (excludes halogenated alkanes) is 2. The van der Waals surface area contributed by atoms with E-state index in [4.69, 9.17) is 14.3 Å². The van der Waals surface area contributed by atoms with Crippen molar-refractivity contribution in [2.24, 2.45) is 0 Å². The smallest absolute Gasteiger partial charge is 0.303 e. The van der Waals surface area contributed by atoms with Gasteiger partial charge in [0.15, 0.2) is 0 Å². The number of rotatable bonds is 13. The maximum Gasteiger partial charge on any atom is 0.303 e. The Kier molecular flexibility index (Phi) is 9.30. The van der Waals surface area contributed by atoms with Crippen LogP contribution in [0.4, 0.5) is 5.69 Å². The number of nitrogens with zero attached hydrogens (tertiary/aromatic N) is 1. The zero-order chi connectivity index (χ0) is 24.5. The van der Waals surface area contributed by atoms with Crippen molar-refractivity contribution < 1.29 is 27.8 Å². The molecule has 34 heavy (non-hydrogen) atoms. The van der Waals surface area contributed by atoms with Gasteiger partial charge in [-0.2, -0.15) is 0 Å². The standard InChI is InChI=1S/C26H31NO6S/c1-19(2)22-17-20(24-11-8-16-33-24)13-14-23(22)27(34(30)31)18-21-9-5-6-10-25(21)32-15-7-3-4-12-26(28)29/h5-6,8-11,13-14,16-17,19H,3-4,7,12,15,18H2,1-2H3,(H,28,29)(H,30,31). The Hall–Kier alpha value is -3.10. The Morgan fingerprint density at radius 1 is 1.09 bits per heavy atom. The predicted octanol–water partition coefficient (Wildman–Crippen LogP) is 6.24. The van der Waals surface area contributed by atoms with Crippen LogP contribution in [0.1, 0.15) is 56.6 Å². The summed E-state index contributed by atoms with van der Waals surface area (Å²) in [5, 5.41) is 8.74. The summed E-state index contributed by atoms with van der Waals surface area (Å²) in [7, 11) is 0. The predicted molar refractivity (Wildman–Crippen MR) is 133 cm³/mol. The van der Waals surface area contributed by atoms with E-state index in [-0.39, 0.29) is 18.9 Å². The highest BCUT2D eigenvalue weighted by Gasteiger charge is 2.21. The van der Waals surface area contributed by atoms with Crippen LogP contribution >= 0.6 is 0 Å². The molecule has 1 aromatic heterocycles. The van der Waals surface area contributed by atoms with Crippen LogP contribution in [0.15, 0.2) is 65.3 Å². The maximum atomic E-state index is 12.4. The number of aliphatic carboxylic acids is 1. The van der Waals surface area contributed by atoms with Gasteiger partial charge in [0.1, 0.15) is 11.5 Å². The lowest BCUT2D eigenvalue weighted by Gasteiger charge is -2.25. The Bertz CT molecular complexity index is 1100. The van der Waals surface area contributed by atoms with Crippen LogP contribution in [-0.2, 0) is 22.6 Å². The van der Waals surface area contributed by atoms with E-state index in [0.717, 1.165) is 35.3 Å². The molecular formula is C26H31NO6S. The molecular weight excluding hydrogens is 454 g/mol. The van der Waals surface area contributed by atoms with Crippen LogP contribution in [0, 0.1) is 0 Å². The average Bonchev–Trinajstić information content (AvgIpc) is 3.35. The number of benzene rings is 2. The summed E-state index contributed by atoms with van der Waals surface area (Å²) in [4.78, 5) is 10.6. The van der Waals surface area contributed by atoms with E-state index in [1.165, 1.54) is 4.31 Å². The molecule has 1 unspecified atom stereocenters. The minimum Gasteiger partial charge on any atom is -0.493 e. The van der Waals surface area contributed by atoms with Crippen LogP contribution in [0.5, 0.6) is 5.75 Å². The fourth-order valence-corrected chi connectivity index (χ4v) is 4.32. The van der Waals surface area contributed by atoms with Gasteiger partial charge < -0.3 is 14.3 Å². The SMILES string of the molecule is CC(C)c1cc(-c2ccco2)ccc1N(Cc1ccccc1OCCCCCC(=O)O)S(=O)O. The second-order valence-electron chi connectivity index (χ2n) is 8.33. The topological polar surface area (TPSA) is 100 Å². The Morgan fingerprint density at radius 3 is 2.56 bits per heavy atom. The van der Waals surface area contributed by atoms with Crippen molar-refractivity contribution in [1.82, 2.24) is 0 Å². The number of hydrogen-bond donors (Lipinski definition) is 2. The third kappa shape index (κ3) is 6.95. The molecule has 0 aliphatic heterocycles. The minimum absolute atomic E-state index is 0.119. The maximum absolute atomic E-state index is 12.4. The van der Waals surface area contributed by atoms with Gasteiger partial charge >= 0.3 is 5.97 Å². The third-order valence-electron chi connectivity index (χ3n) is 5.49. The molecule has 0 aliphatic carbocycles. The van der Waals surface area contributed by atoms with Crippen LogP contribution in [0.2, 0.25) is 0 Å². The van der Waals surface area contributed by atoms with Gasteiger partial charge in [0.2, 0.25) is 0 Å². The van der Waals surface area contributed by atoms with Gasteiger partial charge in [0, 0.05) is 17.5 Å². The second kappa shape index (κ2) is 12.4. The van der Waals surface area contributed by atoms with Crippen LogP contribution in [0.3, 0.4) is 0 Å². The molecule has 0 bridgehead atoms. The van der Waals surface area contributed by atoms with Crippen molar-refractivity contribution in [3.8, 4) is 17.1 Å². The zero-order valence-corrected chi connectivity index (χ0v) is 20.3. The number of anilines is 1. The van der Waals surface area contributed by atoms with Crippen molar-refractivity contribution in [2.75, 3.05) is 10.9 Å². The molecule has 2 aromatic carbocycles. The molecule has 0 fully saturated rings. The number of para-hydroxylation sites is 1. The molecule has 182 valence electrons. The largest absolute Gasteiger partial charge is 0.493 e. The van der Waals surface area contributed by atoms with Crippen molar-refractivity contribution in [3.63, 3.8) is 0 Å². The summed E-state index contributed by atoms with van der Waals surface area (Å²) in [6.45, 7) is 4.74. The fourth-order valence-electron chi connectivity index (χ4n) is 3.73. The highest BCUT2D eigenvalue weighted by molar-refractivity contribution is 7.80. The molecule has 7 nitrogen and oxygen atoms in total. The first-order valence-electron chi connectivity index (χ1n) is 11.4. The molecule has 0 radical (unpaired) electrons. The average molecular weight is 486 g/mol. The van der Waals surface area contributed by atoms with E-state index < -0.39 is 17.2 Å². The van der Waals surface area contributed by atoms with E-state index in [1.807, 2.05) is 68.4 Å². The van der Waals surface area contributed by atoms with Crippen molar-refractivity contribution in [2.45, 2.75) is 52.0 Å². The van der Waals surface area contributed by atoms with Gasteiger partial charge in [-0.05, 0) is 67.1 Å². The summed E-state index contributed by atoms with van der Waals surface area (Å²) < 4.78 is 35.5. The molecule has 0 saturated heterocycles. The van der Waals surface area contributed by atoms with E-state index in [0.29, 0.717) is 24.5 Å². The first kappa shape index (κ1) is 25.5. The zero-order valence-electron chi connectivity index (χ0n) is 19.5. The molecule has 0 amide bonds. The lowest BCUT2D eigenvalue weighted by molar-refractivity contribution is -0.137. The van der Waals surface area contributed by atoms with Gasteiger partial charge in [0.05, 0.1) is 25.1 Å². The molecule has 0 spiro atoms. The van der Waals surface area contributed by atoms with Gasteiger partial charge in [-0.1, -0.05) is 32.0 Å². The molecule has 0 saturated carbocycles. The first-order chi connectivity index (χ1) is 16.4. The molecule has 3 rings (SSSR count). The number of ether oxygens (including phenoxy) is 1. The highest BCUT2D eigenvalue weighted by Crippen LogP contribution is 2.35. The van der Waals surface area contributed by atoms with Crippen molar-refractivity contribution in [3.05, 3.63) is 72.0 Å². The number of carbonyl (C=O) groups is 1. The number of furan rings is 1. The summed E-state index contributed by atoms with van der Waals surface area (Å²) in [5.74, 6) is 0.719.